The lowest BCUT2D eigenvalue weighted by atomic mass is 10.1. The minimum atomic E-state index is 0. The number of unbranched alkanes of at least 4 members (excludes halogenated alkanes) is 1. The summed E-state index contributed by atoms with van der Waals surface area (Å²) in [7, 11) is 0. The Balaban J connectivity index is 0.00000162. The number of hydrogen-bond acceptors (Lipinski definition) is 2. The minimum Gasteiger partial charge on any atom is -0.326 e. The van der Waals surface area contributed by atoms with E-state index in [1.165, 1.54) is 18.4 Å². The molecule has 0 radical (unpaired) electrons. The monoisotopic (exact) mass is 265 g/mol. The molecule has 98 valence electrons. The third-order valence-corrected chi connectivity index (χ3v) is 2.87. The van der Waals surface area contributed by atoms with Gasteiger partial charge in [0.1, 0.15) is 0 Å². The fraction of sp³-hybridized carbons (Fsp3) is 0.357. The second kappa shape index (κ2) is 7.19. The van der Waals surface area contributed by atoms with Gasteiger partial charge in [0, 0.05) is 24.8 Å². The second-order valence-corrected chi connectivity index (χ2v) is 4.25. The molecule has 0 saturated heterocycles. The fourth-order valence-corrected chi connectivity index (χ4v) is 1.83. The summed E-state index contributed by atoms with van der Waals surface area (Å²) in [6.07, 6.45) is 6.39. The van der Waals surface area contributed by atoms with Crippen LogP contribution in [0.3, 0.4) is 0 Å². The Hall–Kier alpha value is -1.32. The average molecular weight is 266 g/mol. The van der Waals surface area contributed by atoms with Crippen LogP contribution in [0.2, 0.25) is 0 Å². The number of hydrogen-bond donors (Lipinski definition) is 1. The number of aryl methyl sites for hydroxylation is 1. The zero-order chi connectivity index (χ0) is 12.1. The standard InChI is InChI=1S/C14H19N3.ClH/c1-2-3-7-17-11-14(10-16-17)13-6-4-5-12(8-13)9-15;/h4-6,8,10-11H,2-3,7,9,15H2,1H3;1H. The molecule has 2 rings (SSSR count). The summed E-state index contributed by atoms with van der Waals surface area (Å²) in [5, 5.41) is 4.37. The number of halogens is 1. The number of nitrogens with two attached hydrogens (primary N) is 1. The Kier molecular flexibility index (Phi) is 5.89. The molecule has 0 atom stereocenters. The zero-order valence-corrected chi connectivity index (χ0v) is 11.5. The molecule has 4 heteroatoms. The van der Waals surface area contributed by atoms with E-state index in [0.717, 1.165) is 17.7 Å². The Morgan fingerprint density at radius 1 is 1.28 bits per heavy atom. The molecule has 0 spiro atoms. The van der Waals surface area contributed by atoms with Crippen molar-refractivity contribution in [2.75, 3.05) is 0 Å². The van der Waals surface area contributed by atoms with E-state index in [2.05, 4.69) is 30.4 Å². The average Bonchev–Trinajstić information content (AvgIpc) is 2.85. The fourth-order valence-electron chi connectivity index (χ4n) is 1.83. The predicted molar refractivity (Wildman–Crippen MR) is 77.7 cm³/mol. The molecule has 0 unspecified atom stereocenters. The number of rotatable bonds is 5. The van der Waals surface area contributed by atoms with Crippen molar-refractivity contribution in [1.29, 1.82) is 0 Å². The highest BCUT2D eigenvalue weighted by atomic mass is 35.5. The van der Waals surface area contributed by atoms with Crippen LogP contribution in [0.25, 0.3) is 11.1 Å². The molecule has 18 heavy (non-hydrogen) atoms. The van der Waals surface area contributed by atoms with Gasteiger partial charge in [-0.1, -0.05) is 31.5 Å². The molecule has 1 aromatic carbocycles. The van der Waals surface area contributed by atoms with Gasteiger partial charge in [-0.2, -0.15) is 5.10 Å². The highest BCUT2D eigenvalue weighted by Gasteiger charge is 2.02. The van der Waals surface area contributed by atoms with Crippen molar-refractivity contribution in [1.82, 2.24) is 9.78 Å². The first-order valence-corrected chi connectivity index (χ1v) is 6.15. The first-order chi connectivity index (χ1) is 8.33. The van der Waals surface area contributed by atoms with E-state index in [1.807, 2.05) is 23.0 Å². The molecule has 0 aliphatic carbocycles. The van der Waals surface area contributed by atoms with Crippen molar-refractivity contribution >= 4 is 12.4 Å². The highest BCUT2D eigenvalue weighted by Crippen LogP contribution is 2.19. The van der Waals surface area contributed by atoms with Crippen LogP contribution in [0.1, 0.15) is 25.3 Å². The van der Waals surface area contributed by atoms with Crippen molar-refractivity contribution in [3.05, 3.63) is 42.2 Å². The van der Waals surface area contributed by atoms with Gasteiger partial charge in [0.2, 0.25) is 0 Å². The molecule has 0 aliphatic rings. The Morgan fingerprint density at radius 2 is 2.11 bits per heavy atom. The van der Waals surface area contributed by atoms with Gasteiger partial charge in [-0.15, -0.1) is 12.4 Å². The maximum atomic E-state index is 5.65. The lowest BCUT2D eigenvalue weighted by molar-refractivity contribution is 0.572. The Labute approximate surface area is 114 Å². The van der Waals surface area contributed by atoms with Crippen molar-refractivity contribution in [2.24, 2.45) is 5.73 Å². The minimum absolute atomic E-state index is 0. The number of aromatic nitrogens is 2. The summed E-state index contributed by atoms with van der Waals surface area (Å²) < 4.78 is 2.01. The topological polar surface area (TPSA) is 43.8 Å². The normalized spacial score (nSPS) is 10.1. The lowest BCUT2D eigenvalue weighted by Gasteiger charge is -2.01. The van der Waals surface area contributed by atoms with Crippen LogP contribution in [0.5, 0.6) is 0 Å². The first kappa shape index (κ1) is 14.7. The molecule has 2 aromatic rings. The molecule has 0 fully saturated rings. The van der Waals surface area contributed by atoms with Crippen molar-refractivity contribution < 1.29 is 0 Å². The molecular weight excluding hydrogens is 246 g/mol. The maximum Gasteiger partial charge on any atom is 0.0568 e. The quantitative estimate of drug-likeness (QED) is 0.902. The van der Waals surface area contributed by atoms with Crippen LogP contribution in [-0.4, -0.2) is 9.78 Å². The van der Waals surface area contributed by atoms with Gasteiger partial charge in [0.15, 0.2) is 0 Å². The molecule has 0 amide bonds. The van der Waals surface area contributed by atoms with Crippen molar-refractivity contribution in [2.45, 2.75) is 32.9 Å². The van der Waals surface area contributed by atoms with Gasteiger partial charge in [-0.25, -0.2) is 0 Å². The lowest BCUT2D eigenvalue weighted by Crippen LogP contribution is -1.97. The van der Waals surface area contributed by atoms with Gasteiger partial charge in [0.05, 0.1) is 6.20 Å². The second-order valence-electron chi connectivity index (χ2n) is 4.25. The summed E-state index contributed by atoms with van der Waals surface area (Å²) in [6, 6.07) is 8.31. The molecule has 2 N–H and O–H groups in total. The maximum absolute atomic E-state index is 5.65. The number of benzene rings is 1. The SMILES string of the molecule is CCCCn1cc(-c2cccc(CN)c2)cn1.Cl. The van der Waals surface area contributed by atoms with Crippen LogP contribution in [0.15, 0.2) is 36.7 Å². The largest absolute Gasteiger partial charge is 0.326 e. The van der Waals surface area contributed by atoms with E-state index < -0.39 is 0 Å². The van der Waals surface area contributed by atoms with Crippen LogP contribution < -0.4 is 5.73 Å². The van der Waals surface area contributed by atoms with Crippen LogP contribution in [0, 0.1) is 0 Å². The zero-order valence-electron chi connectivity index (χ0n) is 10.7. The van der Waals surface area contributed by atoms with Crippen molar-refractivity contribution in [3.63, 3.8) is 0 Å². The van der Waals surface area contributed by atoms with Gasteiger partial charge in [-0.3, -0.25) is 4.68 Å². The van der Waals surface area contributed by atoms with E-state index in [-0.39, 0.29) is 12.4 Å². The van der Waals surface area contributed by atoms with E-state index in [9.17, 15) is 0 Å². The molecular formula is C14H20ClN3. The van der Waals surface area contributed by atoms with E-state index in [4.69, 9.17) is 5.73 Å². The van der Waals surface area contributed by atoms with E-state index >= 15 is 0 Å². The molecule has 0 bridgehead atoms. The van der Waals surface area contributed by atoms with E-state index in [0.29, 0.717) is 6.54 Å². The van der Waals surface area contributed by atoms with Gasteiger partial charge in [-0.05, 0) is 23.6 Å². The van der Waals surface area contributed by atoms with Gasteiger partial charge >= 0.3 is 0 Å². The third-order valence-electron chi connectivity index (χ3n) is 2.87. The van der Waals surface area contributed by atoms with Gasteiger partial charge < -0.3 is 5.73 Å². The molecule has 0 aliphatic heterocycles. The Morgan fingerprint density at radius 3 is 2.83 bits per heavy atom. The highest BCUT2D eigenvalue weighted by molar-refractivity contribution is 5.85. The molecule has 1 aromatic heterocycles. The molecule has 1 heterocycles. The van der Waals surface area contributed by atoms with Crippen LogP contribution >= 0.6 is 12.4 Å². The van der Waals surface area contributed by atoms with Gasteiger partial charge in [0.25, 0.3) is 0 Å². The molecule has 3 nitrogen and oxygen atoms in total. The summed E-state index contributed by atoms with van der Waals surface area (Å²) >= 11 is 0. The molecule has 0 saturated carbocycles. The summed E-state index contributed by atoms with van der Waals surface area (Å²) in [4.78, 5) is 0. The van der Waals surface area contributed by atoms with Crippen molar-refractivity contribution in [3.8, 4) is 11.1 Å². The third kappa shape index (κ3) is 3.59. The predicted octanol–water partition coefficient (Wildman–Crippen LogP) is 3.23. The Bertz CT molecular complexity index is 479. The smallest absolute Gasteiger partial charge is 0.0568 e. The summed E-state index contributed by atoms with van der Waals surface area (Å²) in [6.45, 7) is 3.76. The van der Waals surface area contributed by atoms with Crippen LogP contribution in [0.4, 0.5) is 0 Å². The number of nitrogens with zero attached hydrogens (tertiary/aromatic N) is 2. The summed E-state index contributed by atoms with van der Waals surface area (Å²) in [5.74, 6) is 0. The van der Waals surface area contributed by atoms with Crippen LogP contribution in [-0.2, 0) is 13.1 Å². The van der Waals surface area contributed by atoms with E-state index in [1.54, 1.807) is 0 Å². The first-order valence-electron chi connectivity index (χ1n) is 6.15. The summed E-state index contributed by atoms with van der Waals surface area (Å²) in [5.41, 5.74) is 9.16.